The summed E-state index contributed by atoms with van der Waals surface area (Å²) in [5.41, 5.74) is 5.19. The Balaban J connectivity index is 2.67. The number of rotatable bonds is 6. The first kappa shape index (κ1) is 15.4. The fourth-order valence-corrected chi connectivity index (χ4v) is 2.80. The van der Waals surface area contributed by atoms with Crippen LogP contribution in [0, 0.1) is 5.92 Å². The van der Waals surface area contributed by atoms with Crippen LogP contribution in [0.1, 0.15) is 46.5 Å². The van der Waals surface area contributed by atoms with Crippen LogP contribution in [0.15, 0.2) is 0 Å². The number of ether oxygens (including phenoxy) is 1. The highest BCUT2D eigenvalue weighted by Crippen LogP contribution is 2.25. The molecule has 1 atom stereocenters. The van der Waals surface area contributed by atoms with E-state index >= 15 is 0 Å². The molecular weight excluding hydrogens is 228 g/mol. The summed E-state index contributed by atoms with van der Waals surface area (Å²) in [4.78, 5) is 14.1. The lowest BCUT2D eigenvalue weighted by Crippen LogP contribution is -2.56. The van der Waals surface area contributed by atoms with Gasteiger partial charge in [-0.1, -0.05) is 26.7 Å². The SMILES string of the molecule is COC(=O)C(C)(N)CN(CC(C)C)C1CCCC1. The predicted molar refractivity (Wildman–Crippen MR) is 73.3 cm³/mol. The van der Waals surface area contributed by atoms with Crippen molar-refractivity contribution in [3.63, 3.8) is 0 Å². The van der Waals surface area contributed by atoms with Gasteiger partial charge in [-0.05, 0) is 25.7 Å². The number of methoxy groups -OCH3 is 1. The molecule has 1 fully saturated rings. The number of nitrogens with zero attached hydrogens (tertiary/aromatic N) is 1. The largest absolute Gasteiger partial charge is 0.468 e. The molecule has 0 saturated heterocycles. The lowest BCUT2D eigenvalue weighted by atomic mass is 10.0. The number of carbonyl (C=O) groups excluding carboxylic acids is 1. The van der Waals surface area contributed by atoms with E-state index in [4.69, 9.17) is 10.5 Å². The Morgan fingerprint density at radius 2 is 2.00 bits per heavy atom. The Labute approximate surface area is 111 Å². The molecule has 4 nitrogen and oxygen atoms in total. The summed E-state index contributed by atoms with van der Waals surface area (Å²) in [5, 5.41) is 0. The van der Waals surface area contributed by atoms with Gasteiger partial charge in [0.05, 0.1) is 7.11 Å². The third-order valence-electron chi connectivity index (χ3n) is 3.62. The molecule has 18 heavy (non-hydrogen) atoms. The van der Waals surface area contributed by atoms with Crippen molar-refractivity contribution in [1.29, 1.82) is 0 Å². The Kier molecular flexibility index (Phi) is 5.60. The average Bonchev–Trinajstić information content (AvgIpc) is 2.79. The molecule has 0 bridgehead atoms. The van der Waals surface area contributed by atoms with Crippen molar-refractivity contribution in [3.05, 3.63) is 0 Å². The molecule has 0 spiro atoms. The molecule has 2 N–H and O–H groups in total. The summed E-state index contributed by atoms with van der Waals surface area (Å²) in [5.74, 6) is 0.258. The van der Waals surface area contributed by atoms with Crippen LogP contribution in [-0.4, -0.2) is 42.6 Å². The van der Waals surface area contributed by atoms with Crippen molar-refractivity contribution in [3.8, 4) is 0 Å². The van der Waals surface area contributed by atoms with E-state index in [1.807, 2.05) is 0 Å². The van der Waals surface area contributed by atoms with Gasteiger partial charge < -0.3 is 10.5 Å². The van der Waals surface area contributed by atoms with E-state index in [1.54, 1.807) is 6.92 Å². The van der Waals surface area contributed by atoms with Crippen molar-refractivity contribution in [2.24, 2.45) is 11.7 Å². The van der Waals surface area contributed by atoms with Gasteiger partial charge in [0.2, 0.25) is 0 Å². The van der Waals surface area contributed by atoms with Gasteiger partial charge in [-0.3, -0.25) is 9.69 Å². The monoisotopic (exact) mass is 256 g/mol. The molecule has 0 aromatic carbocycles. The second-order valence-corrected chi connectivity index (χ2v) is 6.17. The third-order valence-corrected chi connectivity index (χ3v) is 3.62. The van der Waals surface area contributed by atoms with Gasteiger partial charge in [-0.15, -0.1) is 0 Å². The molecule has 1 saturated carbocycles. The van der Waals surface area contributed by atoms with Crippen LogP contribution < -0.4 is 5.73 Å². The Hall–Kier alpha value is -0.610. The van der Waals surface area contributed by atoms with Gasteiger partial charge >= 0.3 is 5.97 Å². The first-order valence-electron chi connectivity index (χ1n) is 6.98. The molecule has 106 valence electrons. The van der Waals surface area contributed by atoms with Gasteiger partial charge in [0.25, 0.3) is 0 Å². The van der Waals surface area contributed by atoms with Crippen LogP contribution >= 0.6 is 0 Å². The van der Waals surface area contributed by atoms with Crippen LogP contribution in [0.2, 0.25) is 0 Å². The van der Waals surface area contributed by atoms with Gasteiger partial charge in [-0.2, -0.15) is 0 Å². The van der Waals surface area contributed by atoms with Crippen molar-refractivity contribution >= 4 is 5.97 Å². The van der Waals surface area contributed by atoms with E-state index in [1.165, 1.54) is 32.8 Å². The molecule has 0 amide bonds. The number of carbonyl (C=O) groups is 1. The van der Waals surface area contributed by atoms with Crippen LogP contribution in [0.5, 0.6) is 0 Å². The molecule has 0 aromatic rings. The summed E-state index contributed by atoms with van der Waals surface area (Å²) < 4.78 is 4.79. The van der Waals surface area contributed by atoms with E-state index < -0.39 is 5.54 Å². The molecule has 0 aromatic heterocycles. The normalized spacial score (nSPS) is 20.4. The van der Waals surface area contributed by atoms with Crippen molar-refractivity contribution in [2.45, 2.75) is 58.0 Å². The molecule has 1 aliphatic carbocycles. The van der Waals surface area contributed by atoms with Gasteiger partial charge in [-0.25, -0.2) is 0 Å². The quantitative estimate of drug-likeness (QED) is 0.736. The topological polar surface area (TPSA) is 55.6 Å². The average molecular weight is 256 g/mol. The zero-order valence-corrected chi connectivity index (χ0v) is 12.2. The first-order chi connectivity index (χ1) is 8.36. The Morgan fingerprint density at radius 3 is 2.44 bits per heavy atom. The second kappa shape index (κ2) is 6.53. The van der Waals surface area contributed by atoms with Crippen LogP contribution in [-0.2, 0) is 9.53 Å². The summed E-state index contributed by atoms with van der Waals surface area (Å²) in [6.07, 6.45) is 5.03. The fraction of sp³-hybridized carbons (Fsp3) is 0.929. The number of nitrogens with two attached hydrogens (primary N) is 1. The molecular formula is C14H28N2O2. The maximum Gasteiger partial charge on any atom is 0.326 e. The minimum absolute atomic E-state index is 0.325. The molecule has 4 heteroatoms. The van der Waals surface area contributed by atoms with Gasteiger partial charge in [0, 0.05) is 19.1 Å². The highest BCUT2D eigenvalue weighted by atomic mass is 16.5. The third kappa shape index (κ3) is 4.25. The zero-order valence-electron chi connectivity index (χ0n) is 12.2. The Morgan fingerprint density at radius 1 is 1.44 bits per heavy atom. The Bertz CT molecular complexity index is 271. The minimum atomic E-state index is -0.910. The second-order valence-electron chi connectivity index (χ2n) is 6.17. The molecule has 1 unspecified atom stereocenters. The smallest absolute Gasteiger partial charge is 0.326 e. The predicted octanol–water partition coefficient (Wildman–Crippen LogP) is 1.78. The summed E-state index contributed by atoms with van der Waals surface area (Å²) >= 11 is 0. The molecule has 0 heterocycles. The molecule has 0 radical (unpaired) electrons. The van der Waals surface area contributed by atoms with E-state index in [0.717, 1.165) is 6.54 Å². The van der Waals surface area contributed by atoms with Crippen LogP contribution in [0.25, 0.3) is 0 Å². The maximum atomic E-state index is 11.7. The highest BCUT2D eigenvalue weighted by molar-refractivity contribution is 5.80. The summed E-state index contributed by atoms with van der Waals surface area (Å²) in [7, 11) is 1.40. The molecule has 0 aliphatic heterocycles. The standard InChI is InChI=1S/C14H28N2O2/c1-11(2)9-16(12-7-5-6-8-12)10-14(3,15)13(17)18-4/h11-12H,5-10,15H2,1-4H3. The zero-order chi connectivity index (χ0) is 13.8. The van der Waals surface area contributed by atoms with E-state index in [2.05, 4.69) is 18.7 Å². The highest BCUT2D eigenvalue weighted by Gasteiger charge is 2.35. The van der Waals surface area contributed by atoms with Gasteiger partial charge in [0.1, 0.15) is 5.54 Å². The molecule has 1 aliphatic rings. The number of hydrogen-bond acceptors (Lipinski definition) is 4. The van der Waals surface area contributed by atoms with Crippen molar-refractivity contribution < 1.29 is 9.53 Å². The first-order valence-corrected chi connectivity index (χ1v) is 6.98. The minimum Gasteiger partial charge on any atom is -0.468 e. The van der Waals surface area contributed by atoms with E-state index in [-0.39, 0.29) is 5.97 Å². The van der Waals surface area contributed by atoms with Crippen molar-refractivity contribution in [1.82, 2.24) is 4.90 Å². The summed E-state index contributed by atoms with van der Waals surface area (Å²) in [6, 6.07) is 0.583. The van der Waals surface area contributed by atoms with E-state index in [0.29, 0.717) is 18.5 Å². The lowest BCUT2D eigenvalue weighted by molar-refractivity contribution is -0.147. The van der Waals surface area contributed by atoms with Crippen LogP contribution in [0.4, 0.5) is 0 Å². The summed E-state index contributed by atoms with van der Waals surface area (Å²) in [6.45, 7) is 7.75. The van der Waals surface area contributed by atoms with Crippen molar-refractivity contribution in [2.75, 3.05) is 20.2 Å². The molecule has 1 rings (SSSR count). The number of esters is 1. The maximum absolute atomic E-state index is 11.7. The lowest BCUT2D eigenvalue weighted by Gasteiger charge is -2.35. The number of hydrogen-bond donors (Lipinski definition) is 1. The van der Waals surface area contributed by atoms with Crippen LogP contribution in [0.3, 0.4) is 0 Å². The van der Waals surface area contributed by atoms with Gasteiger partial charge in [0.15, 0.2) is 0 Å². The van der Waals surface area contributed by atoms with E-state index in [9.17, 15) is 4.79 Å². The fourth-order valence-electron chi connectivity index (χ4n) is 2.80.